The molecule has 0 bridgehead atoms. The first-order chi connectivity index (χ1) is 12.1. The van der Waals surface area contributed by atoms with Crippen LogP contribution in [0.15, 0.2) is 30.3 Å². The van der Waals surface area contributed by atoms with Crippen molar-refractivity contribution < 1.29 is 23.5 Å². The van der Waals surface area contributed by atoms with E-state index in [1.165, 1.54) is 0 Å². The van der Waals surface area contributed by atoms with Crippen LogP contribution < -0.4 is 0 Å². The molecule has 1 atom stereocenters. The Morgan fingerprint density at radius 3 is 2.64 bits per heavy atom. The minimum Gasteiger partial charge on any atom is -0.454 e. The van der Waals surface area contributed by atoms with E-state index < -0.39 is 0 Å². The number of carbonyl (C=O) groups is 1. The van der Waals surface area contributed by atoms with Gasteiger partial charge in [0.05, 0.1) is 33.5 Å². The number of hydrogen-bond donors (Lipinski definition) is 0. The van der Waals surface area contributed by atoms with Crippen molar-refractivity contribution in [2.45, 2.75) is 38.9 Å². The normalized spacial score (nSPS) is 17.8. The van der Waals surface area contributed by atoms with E-state index in [0.29, 0.717) is 19.6 Å². The van der Waals surface area contributed by atoms with Gasteiger partial charge in [-0.15, -0.1) is 0 Å². The molecule has 5 heteroatoms. The molecule has 0 amide bonds. The van der Waals surface area contributed by atoms with Gasteiger partial charge >= 0.3 is 5.97 Å². The molecule has 1 aromatic carbocycles. The van der Waals surface area contributed by atoms with Gasteiger partial charge in [0.2, 0.25) is 0 Å². The molecule has 140 valence electrons. The van der Waals surface area contributed by atoms with E-state index in [9.17, 15) is 4.79 Å². The number of ether oxygens (including phenoxy) is 3. The SMILES string of the molecule is CCCCC(=O)O[C@H](COCc1ccccc1)C[N+]1(C)CCOCC1. The van der Waals surface area contributed by atoms with Crippen molar-refractivity contribution in [3.05, 3.63) is 35.9 Å². The van der Waals surface area contributed by atoms with Crippen molar-refractivity contribution in [2.24, 2.45) is 0 Å². The molecule has 1 aliphatic rings. The van der Waals surface area contributed by atoms with E-state index in [2.05, 4.69) is 14.0 Å². The van der Waals surface area contributed by atoms with E-state index >= 15 is 0 Å². The molecule has 5 nitrogen and oxygen atoms in total. The molecule has 0 N–H and O–H groups in total. The monoisotopic (exact) mass is 350 g/mol. The lowest BCUT2D eigenvalue weighted by Gasteiger charge is -2.39. The number of nitrogens with zero attached hydrogens (tertiary/aromatic N) is 1. The topological polar surface area (TPSA) is 44.8 Å². The summed E-state index contributed by atoms with van der Waals surface area (Å²) in [6, 6.07) is 10.1. The summed E-state index contributed by atoms with van der Waals surface area (Å²) in [4.78, 5) is 12.1. The zero-order valence-corrected chi connectivity index (χ0v) is 15.6. The molecule has 0 radical (unpaired) electrons. The summed E-state index contributed by atoms with van der Waals surface area (Å²) in [5, 5.41) is 0. The van der Waals surface area contributed by atoms with Crippen LogP contribution in [0.2, 0.25) is 0 Å². The second kappa shape index (κ2) is 10.5. The highest BCUT2D eigenvalue weighted by Gasteiger charge is 2.31. The number of quaternary nitrogens is 1. The average Bonchev–Trinajstić information content (AvgIpc) is 2.61. The smallest absolute Gasteiger partial charge is 0.306 e. The molecular weight excluding hydrogens is 318 g/mol. The molecule has 1 saturated heterocycles. The third-order valence-electron chi connectivity index (χ3n) is 4.64. The minimum atomic E-state index is -0.212. The Balaban J connectivity index is 1.87. The first kappa shape index (κ1) is 19.9. The summed E-state index contributed by atoms with van der Waals surface area (Å²) in [5.41, 5.74) is 1.13. The van der Waals surface area contributed by atoms with Gasteiger partial charge < -0.3 is 18.7 Å². The number of unbranched alkanes of at least 4 members (excludes halogenated alkanes) is 1. The van der Waals surface area contributed by atoms with Gasteiger partial charge in [0.25, 0.3) is 0 Å². The van der Waals surface area contributed by atoms with Crippen molar-refractivity contribution in [3.63, 3.8) is 0 Å². The first-order valence-corrected chi connectivity index (χ1v) is 9.34. The van der Waals surface area contributed by atoms with E-state index in [1.807, 2.05) is 30.3 Å². The van der Waals surface area contributed by atoms with Crippen LogP contribution in [-0.2, 0) is 25.6 Å². The maximum absolute atomic E-state index is 12.1. The third-order valence-corrected chi connectivity index (χ3v) is 4.64. The van der Waals surface area contributed by atoms with Crippen LogP contribution in [0.3, 0.4) is 0 Å². The van der Waals surface area contributed by atoms with Crippen molar-refractivity contribution in [2.75, 3.05) is 46.5 Å². The van der Waals surface area contributed by atoms with Gasteiger partial charge in [0, 0.05) is 6.42 Å². The lowest BCUT2D eigenvalue weighted by Crippen LogP contribution is -2.56. The van der Waals surface area contributed by atoms with E-state index in [4.69, 9.17) is 14.2 Å². The molecule has 1 fully saturated rings. The molecule has 0 unspecified atom stereocenters. The Morgan fingerprint density at radius 1 is 1.24 bits per heavy atom. The second-order valence-electron chi connectivity index (χ2n) is 7.08. The quantitative estimate of drug-likeness (QED) is 0.481. The molecular formula is C20H32NO4+. The fourth-order valence-corrected chi connectivity index (χ4v) is 3.03. The van der Waals surface area contributed by atoms with E-state index in [-0.39, 0.29) is 12.1 Å². The van der Waals surface area contributed by atoms with Crippen molar-refractivity contribution in [1.82, 2.24) is 0 Å². The summed E-state index contributed by atoms with van der Waals surface area (Å²) in [7, 11) is 2.20. The maximum atomic E-state index is 12.1. The van der Waals surface area contributed by atoms with Crippen molar-refractivity contribution in [1.29, 1.82) is 0 Å². The fraction of sp³-hybridized carbons (Fsp3) is 0.650. The van der Waals surface area contributed by atoms with Crippen LogP contribution in [0.25, 0.3) is 0 Å². The van der Waals surface area contributed by atoms with Crippen LogP contribution in [0.4, 0.5) is 0 Å². The Kier molecular flexibility index (Phi) is 8.38. The van der Waals surface area contributed by atoms with Crippen LogP contribution in [0.5, 0.6) is 0 Å². The minimum absolute atomic E-state index is 0.116. The Morgan fingerprint density at radius 2 is 1.96 bits per heavy atom. The molecule has 1 heterocycles. The molecule has 0 aromatic heterocycles. The molecule has 1 aliphatic heterocycles. The largest absolute Gasteiger partial charge is 0.454 e. The van der Waals surface area contributed by atoms with Crippen LogP contribution in [0.1, 0.15) is 31.7 Å². The zero-order valence-electron chi connectivity index (χ0n) is 15.6. The van der Waals surface area contributed by atoms with E-state index in [1.54, 1.807) is 0 Å². The zero-order chi connectivity index (χ0) is 18.0. The molecule has 25 heavy (non-hydrogen) atoms. The average molecular weight is 350 g/mol. The number of morpholine rings is 1. The summed E-state index contributed by atoms with van der Waals surface area (Å²) < 4.78 is 17.9. The predicted molar refractivity (Wildman–Crippen MR) is 97.1 cm³/mol. The second-order valence-corrected chi connectivity index (χ2v) is 7.08. The summed E-state index contributed by atoms with van der Waals surface area (Å²) >= 11 is 0. The van der Waals surface area contributed by atoms with Gasteiger partial charge in [-0.05, 0) is 12.0 Å². The Labute approximate surface area is 151 Å². The summed E-state index contributed by atoms with van der Waals surface area (Å²) in [6.07, 6.45) is 2.14. The standard InChI is InChI=1S/C20H32NO4/c1-3-4-10-20(22)25-19(15-21(2)11-13-23-14-12-21)17-24-16-18-8-6-5-7-9-18/h5-9,19H,3-4,10-17H2,1-2H3/q+1/t19-/m0/s1. The van der Waals surface area contributed by atoms with E-state index in [0.717, 1.165) is 55.7 Å². The lowest BCUT2D eigenvalue weighted by atomic mass is 10.2. The molecule has 2 rings (SSSR count). The summed E-state index contributed by atoms with van der Waals surface area (Å²) in [6.45, 7) is 7.24. The number of benzene rings is 1. The van der Waals surface area contributed by atoms with Gasteiger partial charge in [-0.2, -0.15) is 0 Å². The molecule has 1 aromatic rings. The summed E-state index contributed by atoms with van der Waals surface area (Å²) in [5.74, 6) is -0.116. The number of esters is 1. The van der Waals surface area contributed by atoms with Crippen LogP contribution >= 0.6 is 0 Å². The fourth-order valence-electron chi connectivity index (χ4n) is 3.03. The molecule has 0 aliphatic carbocycles. The number of likely N-dealkylation sites (N-methyl/N-ethyl adjacent to an activating group) is 1. The van der Waals surface area contributed by atoms with Crippen LogP contribution in [0, 0.1) is 0 Å². The van der Waals surface area contributed by atoms with Crippen molar-refractivity contribution >= 4 is 5.97 Å². The lowest BCUT2D eigenvalue weighted by molar-refractivity contribution is -0.919. The number of carbonyl (C=O) groups excluding carboxylic acids is 1. The highest BCUT2D eigenvalue weighted by atomic mass is 16.6. The van der Waals surface area contributed by atoms with Crippen molar-refractivity contribution in [3.8, 4) is 0 Å². The Bertz CT molecular complexity index is 500. The van der Waals surface area contributed by atoms with Crippen LogP contribution in [-0.4, -0.2) is 63.1 Å². The molecule has 0 spiro atoms. The van der Waals surface area contributed by atoms with Gasteiger partial charge in [0.15, 0.2) is 6.10 Å². The van der Waals surface area contributed by atoms with Gasteiger partial charge in [0.1, 0.15) is 19.6 Å². The highest BCUT2D eigenvalue weighted by molar-refractivity contribution is 5.69. The predicted octanol–water partition coefficient (Wildman–Crippen LogP) is 2.78. The van der Waals surface area contributed by atoms with Gasteiger partial charge in [-0.1, -0.05) is 43.7 Å². The number of hydrogen-bond acceptors (Lipinski definition) is 4. The first-order valence-electron chi connectivity index (χ1n) is 9.34. The molecule has 0 saturated carbocycles. The third kappa shape index (κ3) is 7.55. The maximum Gasteiger partial charge on any atom is 0.306 e. The van der Waals surface area contributed by atoms with Gasteiger partial charge in [-0.3, -0.25) is 4.79 Å². The number of rotatable bonds is 10. The van der Waals surface area contributed by atoms with Gasteiger partial charge in [-0.25, -0.2) is 0 Å². The Hall–Kier alpha value is -1.43. The highest BCUT2D eigenvalue weighted by Crippen LogP contribution is 2.13.